The van der Waals surface area contributed by atoms with Gasteiger partial charge in [-0.3, -0.25) is 0 Å². The zero-order chi connectivity index (χ0) is 14.4. The second kappa shape index (κ2) is 6.95. The number of hydrogen-bond donors (Lipinski definition) is 2. The zero-order valence-electron chi connectivity index (χ0n) is 12.6. The molecule has 112 valence electrons. The van der Waals surface area contributed by atoms with Crippen molar-refractivity contribution in [3.8, 4) is 0 Å². The SMILES string of the molecule is CCC(O)(CC)CNc1ccc(N2CCOCC2)cc1. The number of ether oxygens (including phenoxy) is 1. The van der Waals surface area contributed by atoms with Crippen molar-refractivity contribution in [3.05, 3.63) is 24.3 Å². The van der Waals surface area contributed by atoms with Gasteiger partial charge in [0.2, 0.25) is 0 Å². The van der Waals surface area contributed by atoms with E-state index >= 15 is 0 Å². The van der Waals surface area contributed by atoms with E-state index in [1.165, 1.54) is 5.69 Å². The van der Waals surface area contributed by atoms with Crippen LogP contribution in [0, 0.1) is 0 Å². The van der Waals surface area contributed by atoms with Crippen molar-refractivity contribution < 1.29 is 9.84 Å². The minimum absolute atomic E-state index is 0.594. The summed E-state index contributed by atoms with van der Waals surface area (Å²) < 4.78 is 5.36. The molecule has 0 bridgehead atoms. The van der Waals surface area contributed by atoms with Gasteiger partial charge in [0, 0.05) is 31.0 Å². The molecule has 1 aromatic rings. The van der Waals surface area contributed by atoms with Crippen LogP contribution >= 0.6 is 0 Å². The summed E-state index contributed by atoms with van der Waals surface area (Å²) in [5.41, 5.74) is 1.69. The third-order valence-corrected chi connectivity index (χ3v) is 4.18. The molecule has 1 aliphatic rings. The largest absolute Gasteiger partial charge is 0.388 e. The van der Waals surface area contributed by atoms with E-state index in [2.05, 4.69) is 34.5 Å². The number of nitrogens with one attached hydrogen (secondary N) is 1. The fraction of sp³-hybridized carbons (Fsp3) is 0.625. The Balaban J connectivity index is 1.91. The Hall–Kier alpha value is -1.26. The van der Waals surface area contributed by atoms with Crippen molar-refractivity contribution in [1.29, 1.82) is 0 Å². The standard InChI is InChI=1S/C16H26N2O2/c1-3-16(19,4-2)13-17-14-5-7-15(8-6-14)18-9-11-20-12-10-18/h5-8,17,19H,3-4,9-13H2,1-2H3. The maximum Gasteiger partial charge on any atom is 0.0814 e. The van der Waals surface area contributed by atoms with E-state index in [0.717, 1.165) is 44.8 Å². The molecule has 2 rings (SSSR count). The van der Waals surface area contributed by atoms with Crippen LogP contribution in [0.1, 0.15) is 26.7 Å². The van der Waals surface area contributed by atoms with Gasteiger partial charge in [-0.05, 0) is 37.1 Å². The first-order valence-electron chi connectivity index (χ1n) is 7.56. The Labute approximate surface area is 121 Å². The van der Waals surface area contributed by atoms with Crippen LogP contribution in [0.25, 0.3) is 0 Å². The van der Waals surface area contributed by atoms with Crippen molar-refractivity contribution in [2.75, 3.05) is 43.1 Å². The van der Waals surface area contributed by atoms with E-state index in [9.17, 15) is 5.11 Å². The summed E-state index contributed by atoms with van der Waals surface area (Å²) >= 11 is 0. The molecule has 2 N–H and O–H groups in total. The Morgan fingerprint density at radius 1 is 1.15 bits per heavy atom. The van der Waals surface area contributed by atoms with Gasteiger partial charge in [-0.15, -0.1) is 0 Å². The maximum absolute atomic E-state index is 10.3. The molecule has 4 nitrogen and oxygen atoms in total. The topological polar surface area (TPSA) is 44.7 Å². The highest BCUT2D eigenvalue weighted by Crippen LogP contribution is 2.21. The molecule has 1 saturated heterocycles. The third kappa shape index (κ3) is 3.87. The maximum atomic E-state index is 10.3. The van der Waals surface area contributed by atoms with Crippen molar-refractivity contribution in [1.82, 2.24) is 0 Å². The number of morpholine rings is 1. The number of nitrogens with zero attached hydrogens (tertiary/aromatic N) is 1. The highest BCUT2D eigenvalue weighted by atomic mass is 16.5. The van der Waals surface area contributed by atoms with E-state index in [1.54, 1.807) is 0 Å². The second-order valence-corrected chi connectivity index (χ2v) is 5.43. The zero-order valence-corrected chi connectivity index (χ0v) is 12.6. The summed E-state index contributed by atoms with van der Waals surface area (Å²) in [5, 5.41) is 13.6. The van der Waals surface area contributed by atoms with Crippen LogP contribution in [0.15, 0.2) is 24.3 Å². The van der Waals surface area contributed by atoms with E-state index in [4.69, 9.17) is 4.74 Å². The molecule has 0 saturated carbocycles. The summed E-state index contributed by atoms with van der Waals surface area (Å²) in [6.45, 7) is 8.16. The quantitative estimate of drug-likeness (QED) is 0.839. The van der Waals surface area contributed by atoms with Gasteiger partial charge in [-0.2, -0.15) is 0 Å². The minimum Gasteiger partial charge on any atom is -0.388 e. The van der Waals surface area contributed by atoms with Crippen molar-refractivity contribution >= 4 is 11.4 Å². The molecular weight excluding hydrogens is 252 g/mol. The first kappa shape index (κ1) is 15.1. The molecule has 1 aliphatic heterocycles. The van der Waals surface area contributed by atoms with E-state index in [0.29, 0.717) is 6.54 Å². The van der Waals surface area contributed by atoms with Gasteiger partial charge in [0.1, 0.15) is 0 Å². The highest BCUT2D eigenvalue weighted by Gasteiger charge is 2.21. The van der Waals surface area contributed by atoms with Crippen LogP contribution in [0.5, 0.6) is 0 Å². The summed E-state index contributed by atoms with van der Waals surface area (Å²) in [6, 6.07) is 8.42. The summed E-state index contributed by atoms with van der Waals surface area (Å²) in [7, 11) is 0. The third-order valence-electron chi connectivity index (χ3n) is 4.18. The lowest BCUT2D eigenvalue weighted by atomic mass is 9.97. The fourth-order valence-electron chi connectivity index (χ4n) is 2.38. The van der Waals surface area contributed by atoms with Gasteiger partial charge >= 0.3 is 0 Å². The van der Waals surface area contributed by atoms with Gasteiger partial charge in [-0.25, -0.2) is 0 Å². The molecule has 1 fully saturated rings. The first-order valence-corrected chi connectivity index (χ1v) is 7.56. The lowest BCUT2D eigenvalue weighted by Crippen LogP contribution is -2.36. The Kier molecular flexibility index (Phi) is 5.26. The molecule has 0 spiro atoms. The van der Waals surface area contributed by atoms with Crippen molar-refractivity contribution in [3.63, 3.8) is 0 Å². The number of benzene rings is 1. The van der Waals surface area contributed by atoms with Crippen LogP contribution in [-0.2, 0) is 4.74 Å². The fourth-order valence-corrected chi connectivity index (χ4v) is 2.38. The average Bonchev–Trinajstić information content (AvgIpc) is 2.54. The number of aliphatic hydroxyl groups is 1. The van der Waals surface area contributed by atoms with E-state index < -0.39 is 5.60 Å². The number of anilines is 2. The summed E-state index contributed by atoms with van der Waals surface area (Å²) in [4.78, 5) is 2.34. The Bertz CT molecular complexity index is 395. The van der Waals surface area contributed by atoms with E-state index in [-0.39, 0.29) is 0 Å². The molecule has 0 amide bonds. The van der Waals surface area contributed by atoms with Gasteiger partial charge in [0.15, 0.2) is 0 Å². The molecular formula is C16H26N2O2. The molecule has 0 atom stereocenters. The lowest BCUT2D eigenvalue weighted by Gasteiger charge is -2.29. The molecule has 20 heavy (non-hydrogen) atoms. The lowest BCUT2D eigenvalue weighted by molar-refractivity contribution is 0.0457. The monoisotopic (exact) mass is 278 g/mol. The van der Waals surface area contributed by atoms with Crippen LogP contribution in [0.4, 0.5) is 11.4 Å². The smallest absolute Gasteiger partial charge is 0.0814 e. The molecule has 0 unspecified atom stereocenters. The van der Waals surface area contributed by atoms with Crippen molar-refractivity contribution in [2.24, 2.45) is 0 Å². The highest BCUT2D eigenvalue weighted by molar-refractivity contribution is 5.55. The van der Waals surface area contributed by atoms with Crippen molar-refractivity contribution in [2.45, 2.75) is 32.3 Å². The Morgan fingerprint density at radius 2 is 1.75 bits per heavy atom. The van der Waals surface area contributed by atoms with Gasteiger partial charge in [-0.1, -0.05) is 13.8 Å². The predicted octanol–water partition coefficient (Wildman–Crippen LogP) is 2.49. The van der Waals surface area contributed by atoms with Gasteiger partial charge < -0.3 is 20.1 Å². The number of hydrogen-bond acceptors (Lipinski definition) is 4. The average molecular weight is 278 g/mol. The molecule has 1 aromatic carbocycles. The minimum atomic E-state index is -0.608. The Morgan fingerprint density at radius 3 is 2.30 bits per heavy atom. The van der Waals surface area contributed by atoms with Crippen LogP contribution in [0.3, 0.4) is 0 Å². The number of rotatable bonds is 6. The summed E-state index contributed by atoms with van der Waals surface area (Å²) in [6.07, 6.45) is 1.53. The normalized spacial score (nSPS) is 16.2. The van der Waals surface area contributed by atoms with Crippen LogP contribution in [-0.4, -0.2) is 43.6 Å². The van der Waals surface area contributed by atoms with Crippen LogP contribution < -0.4 is 10.2 Å². The predicted molar refractivity (Wildman–Crippen MR) is 83.5 cm³/mol. The molecule has 0 aromatic heterocycles. The molecule has 0 radical (unpaired) electrons. The van der Waals surface area contributed by atoms with Gasteiger partial charge in [0.25, 0.3) is 0 Å². The first-order chi connectivity index (χ1) is 9.67. The summed E-state index contributed by atoms with van der Waals surface area (Å²) in [5.74, 6) is 0. The van der Waals surface area contributed by atoms with E-state index in [1.807, 2.05) is 13.8 Å². The van der Waals surface area contributed by atoms with Gasteiger partial charge in [0.05, 0.1) is 18.8 Å². The second-order valence-electron chi connectivity index (χ2n) is 5.43. The molecule has 1 heterocycles. The van der Waals surface area contributed by atoms with Crippen LogP contribution in [0.2, 0.25) is 0 Å². The molecule has 0 aliphatic carbocycles. The molecule has 4 heteroatoms.